The van der Waals surface area contributed by atoms with E-state index in [-0.39, 0.29) is 5.70 Å². The number of nitrogens with zero attached hydrogens (tertiary/aromatic N) is 2. The predicted molar refractivity (Wildman–Crippen MR) is 49.4 cm³/mol. The zero-order valence-electron chi connectivity index (χ0n) is 6.86. The van der Waals surface area contributed by atoms with Crippen molar-refractivity contribution in [2.24, 2.45) is 0 Å². The van der Waals surface area contributed by atoms with E-state index in [4.69, 9.17) is 10.5 Å². The summed E-state index contributed by atoms with van der Waals surface area (Å²) in [6.45, 7) is 0. The first-order chi connectivity index (χ1) is 6.36. The topological polar surface area (TPSA) is 59.6 Å². The van der Waals surface area contributed by atoms with Crippen LogP contribution in [0.1, 0.15) is 0 Å². The lowest BCUT2D eigenvalue weighted by atomic mass is 10.3. The minimum atomic E-state index is 0.244. The molecule has 0 saturated heterocycles. The Labute approximate surface area is 76.5 Å². The molecule has 0 unspecified atom stereocenters. The van der Waals surface area contributed by atoms with Gasteiger partial charge in [-0.1, -0.05) is 18.2 Å². The smallest absolute Gasteiger partial charge is 0.128 e. The molecule has 13 heavy (non-hydrogen) atoms. The lowest BCUT2D eigenvalue weighted by Crippen LogP contribution is -1.95. The maximum atomic E-state index is 8.59. The molecule has 0 saturated carbocycles. The Morgan fingerprint density at radius 2 is 1.92 bits per heavy atom. The van der Waals surface area contributed by atoms with Gasteiger partial charge in [0.2, 0.25) is 0 Å². The van der Waals surface area contributed by atoms with Gasteiger partial charge >= 0.3 is 0 Å². The van der Waals surface area contributed by atoms with Crippen LogP contribution >= 0.6 is 0 Å². The van der Waals surface area contributed by atoms with E-state index in [1.165, 1.54) is 6.08 Å². The number of hydrogen-bond acceptors (Lipinski definition) is 3. The van der Waals surface area contributed by atoms with Gasteiger partial charge in [0.15, 0.2) is 0 Å². The van der Waals surface area contributed by atoms with Crippen LogP contribution < -0.4 is 5.32 Å². The highest BCUT2D eigenvalue weighted by Gasteiger charge is 1.93. The molecule has 0 amide bonds. The van der Waals surface area contributed by atoms with Crippen molar-refractivity contribution < 1.29 is 0 Å². The highest BCUT2D eigenvalue weighted by atomic mass is 14.9. The fourth-order valence-electron chi connectivity index (χ4n) is 0.838. The highest BCUT2D eigenvalue weighted by molar-refractivity contribution is 5.52. The molecule has 1 rings (SSSR count). The van der Waals surface area contributed by atoms with Gasteiger partial charge in [-0.2, -0.15) is 10.5 Å². The van der Waals surface area contributed by atoms with E-state index >= 15 is 0 Å². The molecule has 1 aromatic rings. The molecule has 62 valence electrons. The van der Waals surface area contributed by atoms with E-state index in [2.05, 4.69) is 5.32 Å². The second-order valence-corrected chi connectivity index (χ2v) is 2.29. The number of benzene rings is 1. The molecule has 0 aromatic heterocycles. The lowest BCUT2D eigenvalue weighted by molar-refractivity contribution is 1.42. The van der Waals surface area contributed by atoms with Gasteiger partial charge in [-0.05, 0) is 12.1 Å². The average Bonchev–Trinajstić information content (AvgIpc) is 2.19. The van der Waals surface area contributed by atoms with Gasteiger partial charge in [0, 0.05) is 5.69 Å². The van der Waals surface area contributed by atoms with Gasteiger partial charge in [-0.15, -0.1) is 0 Å². The van der Waals surface area contributed by atoms with Crippen molar-refractivity contribution in [3.05, 3.63) is 42.1 Å². The van der Waals surface area contributed by atoms with Crippen molar-refractivity contribution in [2.45, 2.75) is 0 Å². The quantitative estimate of drug-likeness (QED) is 0.689. The van der Waals surface area contributed by atoms with E-state index < -0.39 is 0 Å². The summed E-state index contributed by atoms with van der Waals surface area (Å²) >= 11 is 0. The monoisotopic (exact) mass is 169 g/mol. The fourth-order valence-corrected chi connectivity index (χ4v) is 0.838. The summed E-state index contributed by atoms with van der Waals surface area (Å²) in [4.78, 5) is 0. The second-order valence-electron chi connectivity index (χ2n) is 2.29. The van der Waals surface area contributed by atoms with E-state index in [1.54, 1.807) is 6.07 Å². The number of rotatable bonds is 2. The highest BCUT2D eigenvalue weighted by Crippen LogP contribution is 2.07. The molecule has 0 aliphatic heterocycles. The van der Waals surface area contributed by atoms with Gasteiger partial charge in [-0.3, -0.25) is 0 Å². The van der Waals surface area contributed by atoms with Gasteiger partial charge in [0.25, 0.3) is 0 Å². The van der Waals surface area contributed by atoms with Crippen LogP contribution in [0.25, 0.3) is 0 Å². The fraction of sp³-hybridized carbons (Fsp3) is 0. The van der Waals surface area contributed by atoms with E-state index in [0.717, 1.165) is 5.69 Å². The Balaban J connectivity index is 2.77. The van der Waals surface area contributed by atoms with Crippen LogP contribution in [0, 0.1) is 22.7 Å². The van der Waals surface area contributed by atoms with Gasteiger partial charge in [-0.25, -0.2) is 0 Å². The SMILES string of the molecule is N#C/C=C(\C#N)Nc1ccccc1. The van der Waals surface area contributed by atoms with Crippen molar-refractivity contribution in [1.29, 1.82) is 10.5 Å². The van der Waals surface area contributed by atoms with Crippen LogP contribution in [0.2, 0.25) is 0 Å². The predicted octanol–water partition coefficient (Wildman–Crippen LogP) is 2.03. The summed E-state index contributed by atoms with van der Waals surface area (Å²) in [6, 6.07) is 12.9. The normalized spacial score (nSPS) is 9.85. The second kappa shape index (κ2) is 4.58. The molecular weight excluding hydrogens is 162 g/mol. The van der Waals surface area contributed by atoms with E-state index in [1.807, 2.05) is 36.4 Å². The zero-order valence-corrected chi connectivity index (χ0v) is 6.86. The molecule has 0 bridgehead atoms. The Morgan fingerprint density at radius 1 is 1.23 bits per heavy atom. The Kier molecular flexibility index (Phi) is 3.11. The third-order valence-corrected chi connectivity index (χ3v) is 1.38. The Hall–Kier alpha value is -2.26. The summed E-state index contributed by atoms with van der Waals surface area (Å²) in [7, 11) is 0. The third kappa shape index (κ3) is 2.69. The van der Waals surface area contributed by atoms with Crippen molar-refractivity contribution in [3.63, 3.8) is 0 Å². The first-order valence-electron chi connectivity index (χ1n) is 3.69. The van der Waals surface area contributed by atoms with Crippen LogP contribution in [0.4, 0.5) is 5.69 Å². The maximum absolute atomic E-state index is 8.59. The molecule has 0 radical (unpaired) electrons. The number of allylic oxidation sites excluding steroid dienone is 2. The summed E-state index contributed by atoms with van der Waals surface area (Å²) < 4.78 is 0. The summed E-state index contributed by atoms with van der Waals surface area (Å²) in [5.74, 6) is 0. The molecule has 0 aliphatic rings. The average molecular weight is 169 g/mol. The molecule has 0 aliphatic carbocycles. The number of nitrogens with one attached hydrogen (secondary N) is 1. The van der Waals surface area contributed by atoms with Crippen molar-refractivity contribution in [3.8, 4) is 12.1 Å². The molecule has 3 nitrogen and oxygen atoms in total. The van der Waals surface area contributed by atoms with Gasteiger partial charge < -0.3 is 5.32 Å². The number of anilines is 1. The third-order valence-electron chi connectivity index (χ3n) is 1.38. The molecular formula is C10H7N3. The molecule has 0 heterocycles. The van der Waals surface area contributed by atoms with Crippen LogP contribution in [0.15, 0.2) is 42.1 Å². The summed E-state index contributed by atoms with van der Waals surface area (Å²) in [5, 5.41) is 19.7. The van der Waals surface area contributed by atoms with Crippen LogP contribution in [0.5, 0.6) is 0 Å². The molecule has 3 heteroatoms. The summed E-state index contributed by atoms with van der Waals surface area (Å²) in [5.41, 5.74) is 1.04. The van der Waals surface area contributed by atoms with Crippen LogP contribution in [0.3, 0.4) is 0 Å². The number of para-hydroxylation sites is 1. The van der Waals surface area contributed by atoms with Crippen LogP contribution in [-0.2, 0) is 0 Å². The van der Waals surface area contributed by atoms with E-state index in [0.29, 0.717) is 0 Å². The maximum Gasteiger partial charge on any atom is 0.128 e. The van der Waals surface area contributed by atoms with E-state index in [9.17, 15) is 0 Å². The van der Waals surface area contributed by atoms with Gasteiger partial charge in [0.1, 0.15) is 11.8 Å². The van der Waals surface area contributed by atoms with Gasteiger partial charge in [0.05, 0.1) is 12.1 Å². The lowest BCUT2D eigenvalue weighted by Gasteiger charge is -2.01. The molecule has 0 atom stereocenters. The molecule has 0 spiro atoms. The minimum Gasteiger partial charge on any atom is -0.346 e. The summed E-state index contributed by atoms with van der Waals surface area (Å²) in [6.07, 6.45) is 1.17. The minimum absolute atomic E-state index is 0.244. The van der Waals surface area contributed by atoms with Crippen LogP contribution in [-0.4, -0.2) is 0 Å². The van der Waals surface area contributed by atoms with Crippen molar-refractivity contribution >= 4 is 5.69 Å². The van der Waals surface area contributed by atoms with Crippen molar-refractivity contribution in [2.75, 3.05) is 5.32 Å². The number of hydrogen-bond donors (Lipinski definition) is 1. The zero-order chi connectivity index (χ0) is 9.52. The first kappa shape index (κ1) is 8.83. The van der Waals surface area contributed by atoms with Crippen molar-refractivity contribution in [1.82, 2.24) is 0 Å². The first-order valence-corrected chi connectivity index (χ1v) is 3.69. The Bertz CT molecular complexity index is 379. The number of nitriles is 2. The molecule has 1 N–H and O–H groups in total. The molecule has 1 aromatic carbocycles. The largest absolute Gasteiger partial charge is 0.346 e. The standard InChI is InChI=1S/C10H7N3/c11-7-6-10(8-12)13-9-4-2-1-3-5-9/h1-6,13H/b10-6+. The Morgan fingerprint density at radius 3 is 2.46 bits per heavy atom. The molecule has 0 fully saturated rings.